The molecule has 0 amide bonds. The SMILES string of the molecule is CC(C)(C)c1cc(-c2cc3c4ccc(-c5ccc6ccccc6c5)cc4c(-c4cc(C(C)(C)C)cc5ccc(C(C)(C)C)cc45)cc3c3ccccc23)c2cc(C(C)(C)C)ccc2c1. The van der Waals surface area contributed by atoms with Crippen molar-refractivity contribution in [2.24, 2.45) is 0 Å². The smallest absolute Gasteiger partial charge is 0.00922 e. The van der Waals surface area contributed by atoms with Crippen molar-refractivity contribution in [2.75, 3.05) is 0 Å². The van der Waals surface area contributed by atoms with Crippen LogP contribution in [0.1, 0.15) is 105 Å². The lowest BCUT2D eigenvalue weighted by Crippen LogP contribution is -2.12. The van der Waals surface area contributed by atoms with Crippen LogP contribution in [0.15, 0.2) is 158 Å². The van der Waals surface area contributed by atoms with Gasteiger partial charge in [0.25, 0.3) is 0 Å². The van der Waals surface area contributed by atoms with E-state index in [2.05, 4.69) is 241 Å². The first-order valence-electron chi connectivity index (χ1n) is 23.3. The maximum absolute atomic E-state index is 2.54. The van der Waals surface area contributed by atoms with E-state index < -0.39 is 0 Å². The normalized spacial score (nSPS) is 13.0. The topological polar surface area (TPSA) is 0 Å². The molecule has 0 spiro atoms. The standard InChI is InChI=1S/C64H62/c1-61(2,3)45-26-23-43-30-47(63(7,8)9)35-55(52(43)33-45)57-37-59-51-28-25-42(41-22-21-39-17-13-14-18-40(39)29-41)32-54(51)60(38-58(59)50-20-16-15-19-49(50)57)56-36-48(64(10,11)12)31-44-24-27-46(34-53(44)56)62(4,5)6/h13-38H,1-12H3. The zero-order chi connectivity index (χ0) is 45.1. The van der Waals surface area contributed by atoms with Crippen LogP contribution in [0.3, 0.4) is 0 Å². The Morgan fingerprint density at radius 2 is 0.625 bits per heavy atom. The van der Waals surface area contributed by atoms with Gasteiger partial charge in [-0.2, -0.15) is 0 Å². The van der Waals surface area contributed by atoms with Gasteiger partial charge in [-0.1, -0.05) is 204 Å². The molecular formula is C64H62. The van der Waals surface area contributed by atoms with Crippen LogP contribution < -0.4 is 0 Å². The second kappa shape index (κ2) is 14.6. The van der Waals surface area contributed by atoms with Crippen LogP contribution in [-0.4, -0.2) is 0 Å². The second-order valence-electron chi connectivity index (χ2n) is 22.7. The largest absolute Gasteiger partial charge is 0.0616 e. The Morgan fingerprint density at radius 1 is 0.219 bits per heavy atom. The molecule has 0 fully saturated rings. The van der Waals surface area contributed by atoms with Gasteiger partial charge in [0.15, 0.2) is 0 Å². The molecule has 64 heavy (non-hydrogen) atoms. The number of fused-ring (bicyclic) bond motifs is 8. The second-order valence-corrected chi connectivity index (χ2v) is 22.7. The lowest BCUT2D eigenvalue weighted by Gasteiger charge is -2.25. The molecule has 10 aromatic rings. The molecule has 0 N–H and O–H groups in total. The van der Waals surface area contributed by atoms with E-state index in [1.807, 2.05) is 0 Å². The zero-order valence-electron chi connectivity index (χ0n) is 40.0. The molecular weight excluding hydrogens is 769 g/mol. The fourth-order valence-electron chi connectivity index (χ4n) is 9.95. The van der Waals surface area contributed by atoms with Crippen molar-refractivity contribution in [3.63, 3.8) is 0 Å². The van der Waals surface area contributed by atoms with Gasteiger partial charge in [0.05, 0.1) is 0 Å². The van der Waals surface area contributed by atoms with E-state index in [-0.39, 0.29) is 21.7 Å². The molecule has 318 valence electrons. The van der Waals surface area contributed by atoms with Gasteiger partial charge in [-0.25, -0.2) is 0 Å². The van der Waals surface area contributed by atoms with Crippen molar-refractivity contribution in [1.82, 2.24) is 0 Å². The summed E-state index contributed by atoms with van der Waals surface area (Å²) < 4.78 is 0. The van der Waals surface area contributed by atoms with Crippen molar-refractivity contribution in [1.29, 1.82) is 0 Å². The Bertz CT molecular complexity index is 3510. The molecule has 0 unspecified atom stereocenters. The van der Waals surface area contributed by atoms with Crippen molar-refractivity contribution in [3.05, 3.63) is 180 Å². The number of hydrogen-bond acceptors (Lipinski definition) is 0. The van der Waals surface area contributed by atoms with Crippen LogP contribution in [0.5, 0.6) is 0 Å². The van der Waals surface area contributed by atoms with Gasteiger partial charge < -0.3 is 0 Å². The fraction of sp³-hybridized carbons (Fsp3) is 0.250. The Hall–Kier alpha value is -6.24. The third-order valence-electron chi connectivity index (χ3n) is 14.0. The van der Waals surface area contributed by atoms with Crippen LogP contribution in [0.4, 0.5) is 0 Å². The molecule has 0 heteroatoms. The minimum absolute atomic E-state index is 0.0115. The van der Waals surface area contributed by atoms with Gasteiger partial charge in [-0.3, -0.25) is 0 Å². The van der Waals surface area contributed by atoms with Gasteiger partial charge >= 0.3 is 0 Å². The predicted molar refractivity (Wildman–Crippen MR) is 283 cm³/mol. The summed E-state index contributed by atoms with van der Waals surface area (Å²) in [5, 5.41) is 15.4. The number of benzene rings is 10. The molecule has 10 rings (SSSR count). The molecule has 0 atom stereocenters. The lowest BCUT2D eigenvalue weighted by molar-refractivity contribution is 0.589. The van der Waals surface area contributed by atoms with Gasteiger partial charge in [0.2, 0.25) is 0 Å². The number of rotatable bonds is 3. The van der Waals surface area contributed by atoms with Crippen LogP contribution in [-0.2, 0) is 21.7 Å². The van der Waals surface area contributed by atoms with Crippen molar-refractivity contribution in [2.45, 2.75) is 105 Å². The summed E-state index contributed by atoms with van der Waals surface area (Å²) in [7, 11) is 0. The van der Waals surface area contributed by atoms with Gasteiger partial charge in [0.1, 0.15) is 0 Å². The Balaban J connectivity index is 1.36. The van der Waals surface area contributed by atoms with Crippen LogP contribution in [0.25, 0.3) is 98.0 Å². The Kier molecular flexibility index (Phi) is 9.56. The van der Waals surface area contributed by atoms with Crippen molar-refractivity contribution < 1.29 is 0 Å². The summed E-state index contributed by atoms with van der Waals surface area (Å²) in [6.07, 6.45) is 0. The first-order chi connectivity index (χ1) is 30.2. The van der Waals surface area contributed by atoms with E-state index in [0.717, 1.165) is 0 Å². The summed E-state index contributed by atoms with van der Waals surface area (Å²) in [4.78, 5) is 0. The molecule has 0 saturated heterocycles. The van der Waals surface area contributed by atoms with Crippen LogP contribution in [0.2, 0.25) is 0 Å². The van der Waals surface area contributed by atoms with E-state index in [1.54, 1.807) is 0 Å². The Morgan fingerprint density at radius 3 is 1.16 bits per heavy atom. The van der Waals surface area contributed by atoms with Gasteiger partial charge in [0, 0.05) is 0 Å². The van der Waals surface area contributed by atoms with E-state index in [9.17, 15) is 0 Å². The molecule has 0 radical (unpaired) electrons. The molecule has 0 aliphatic rings. The molecule has 10 aromatic carbocycles. The zero-order valence-corrected chi connectivity index (χ0v) is 40.0. The van der Waals surface area contributed by atoms with Gasteiger partial charge in [-0.15, -0.1) is 0 Å². The summed E-state index contributed by atoms with van der Waals surface area (Å²) in [5.74, 6) is 0. The number of hydrogen-bond donors (Lipinski definition) is 0. The molecule has 0 saturated carbocycles. The average Bonchev–Trinajstić information content (AvgIpc) is 3.25. The molecule has 0 aliphatic carbocycles. The maximum atomic E-state index is 2.54. The highest BCUT2D eigenvalue weighted by Crippen LogP contribution is 2.47. The highest BCUT2D eigenvalue weighted by Gasteiger charge is 2.24. The molecule has 0 heterocycles. The third-order valence-corrected chi connectivity index (χ3v) is 14.0. The first-order valence-corrected chi connectivity index (χ1v) is 23.3. The lowest BCUT2D eigenvalue weighted by atomic mass is 9.79. The minimum Gasteiger partial charge on any atom is -0.0616 e. The van der Waals surface area contributed by atoms with Gasteiger partial charge in [-0.05, 0) is 178 Å². The predicted octanol–water partition coefficient (Wildman–Crippen LogP) is 18.8. The summed E-state index contributed by atoms with van der Waals surface area (Å²) in [6.45, 7) is 28.0. The first kappa shape index (κ1) is 41.8. The van der Waals surface area contributed by atoms with E-state index in [4.69, 9.17) is 0 Å². The highest BCUT2D eigenvalue weighted by molar-refractivity contribution is 6.26. The Labute approximate surface area is 381 Å². The van der Waals surface area contributed by atoms with Crippen LogP contribution in [0, 0.1) is 0 Å². The highest BCUT2D eigenvalue weighted by atomic mass is 14.3. The maximum Gasteiger partial charge on any atom is -0.00922 e. The summed E-state index contributed by atoms with van der Waals surface area (Å²) in [5.41, 5.74) is 13.0. The molecule has 0 nitrogen and oxygen atoms in total. The summed E-state index contributed by atoms with van der Waals surface area (Å²) in [6, 6.07) is 61.3. The quantitative estimate of drug-likeness (QED) is 0.156. The molecule has 0 bridgehead atoms. The minimum atomic E-state index is -0.0344. The molecule has 0 aliphatic heterocycles. The van der Waals surface area contributed by atoms with Crippen molar-refractivity contribution in [3.8, 4) is 33.4 Å². The van der Waals surface area contributed by atoms with Crippen molar-refractivity contribution >= 4 is 64.6 Å². The van der Waals surface area contributed by atoms with E-state index in [1.165, 1.54) is 120 Å². The van der Waals surface area contributed by atoms with Crippen LogP contribution >= 0.6 is 0 Å². The summed E-state index contributed by atoms with van der Waals surface area (Å²) >= 11 is 0. The van der Waals surface area contributed by atoms with E-state index in [0.29, 0.717) is 0 Å². The van der Waals surface area contributed by atoms with E-state index >= 15 is 0 Å². The monoisotopic (exact) mass is 830 g/mol. The fourth-order valence-corrected chi connectivity index (χ4v) is 9.95. The third kappa shape index (κ3) is 7.26. The molecule has 0 aromatic heterocycles. The average molecular weight is 831 g/mol.